The van der Waals surface area contributed by atoms with Crippen molar-refractivity contribution >= 4 is 5.82 Å². The van der Waals surface area contributed by atoms with Gasteiger partial charge in [-0.25, -0.2) is 4.98 Å². The van der Waals surface area contributed by atoms with Crippen LogP contribution in [0.5, 0.6) is 0 Å². The minimum absolute atomic E-state index is 0.379. The third-order valence-electron chi connectivity index (χ3n) is 4.65. The molecule has 2 fully saturated rings. The molecule has 5 heteroatoms. The predicted molar refractivity (Wildman–Crippen MR) is 76.5 cm³/mol. The second-order valence-corrected chi connectivity index (χ2v) is 6.14. The smallest absolute Gasteiger partial charge is 0.356 e. The summed E-state index contributed by atoms with van der Waals surface area (Å²) in [5.74, 6) is 0.971. The van der Waals surface area contributed by atoms with Crippen LogP contribution in [-0.2, 0) is 6.18 Å². The van der Waals surface area contributed by atoms with Crippen LogP contribution in [0.25, 0.3) is 0 Å². The average molecular weight is 298 g/mol. The molecule has 0 unspecified atom stereocenters. The SMILES string of the molecule is FC(F)(F)c1ccc(C2CCCCC2)c(N2CCCC2)n1. The lowest BCUT2D eigenvalue weighted by molar-refractivity contribution is -0.141. The Morgan fingerprint density at radius 1 is 0.952 bits per heavy atom. The van der Waals surface area contributed by atoms with E-state index in [0.717, 1.165) is 50.4 Å². The van der Waals surface area contributed by atoms with Crippen molar-refractivity contribution < 1.29 is 13.2 Å². The number of nitrogens with zero attached hydrogens (tertiary/aromatic N) is 2. The van der Waals surface area contributed by atoms with E-state index < -0.39 is 11.9 Å². The van der Waals surface area contributed by atoms with Gasteiger partial charge in [-0.15, -0.1) is 0 Å². The Labute approximate surface area is 123 Å². The maximum atomic E-state index is 12.9. The van der Waals surface area contributed by atoms with Gasteiger partial charge < -0.3 is 4.90 Å². The van der Waals surface area contributed by atoms with Gasteiger partial charge in [0.05, 0.1) is 0 Å². The van der Waals surface area contributed by atoms with Gasteiger partial charge in [-0.1, -0.05) is 25.3 Å². The first-order chi connectivity index (χ1) is 10.1. The highest BCUT2D eigenvalue weighted by molar-refractivity contribution is 5.51. The molecule has 0 aromatic carbocycles. The first-order valence-corrected chi connectivity index (χ1v) is 7.89. The number of hydrogen-bond donors (Lipinski definition) is 0. The highest BCUT2D eigenvalue weighted by atomic mass is 19.4. The Bertz CT molecular complexity index is 487. The van der Waals surface area contributed by atoms with Gasteiger partial charge in [-0.2, -0.15) is 13.2 Å². The Morgan fingerprint density at radius 2 is 1.62 bits per heavy atom. The summed E-state index contributed by atoms with van der Waals surface area (Å²) in [5, 5.41) is 0. The minimum atomic E-state index is -4.36. The molecule has 1 aromatic rings. The molecule has 0 bridgehead atoms. The van der Waals surface area contributed by atoms with Gasteiger partial charge in [0, 0.05) is 13.1 Å². The topological polar surface area (TPSA) is 16.1 Å². The molecule has 1 aliphatic carbocycles. The zero-order chi connectivity index (χ0) is 14.9. The quantitative estimate of drug-likeness (QED) is 0.783. The number of rotatable bonds is 2. The Hall–Kier alpha value is -1.26. The summed E-state index contributed by atoms with van der Waals surface area (Å²) in [5.41, 5.74) is 0.272. The molecule has 0 spiro atoms. The first kappa shape index (κ1) is 14.7. The van der Waals surface area contributed by atoms with Crippen LogP contribution in [0, 0.1) is 0 Å². The molecule has 3 rings (SSSR count). The molecule has 1 aromatic heterocycles. The van der Waals surface area contributed by atoms with Gasteiger partial charge in [0.15, 0.2) is 0 Å². The first-order valence-electron chi connectivity index (χ1n) is 7.89. The normalized spacial score (nSPS) is 21.0. The lowest BCUT2D eigenvalue weighted by Crippen LogP contribution is -2.24. The van der Waals surface area contributed by atoms with Crippen LogP contribution in [-0.4, -0.2) is 18.1 Å². The van der Waals surface area contributed by atoms with Crippen molar-refractivity contribution in [1.82, 2.24) is 4.98 Å². The van der Waals surface area contributed by atoms with E-state index in [0.29, 0.717) is 11.7 Å². The highest BCUT2D eigenvalue weighted by Crippen LogP contribution is 2.39. The standard InChI is InChI=1S/C16H21F3N2/c17-16(18,19)14-9-8-13(12-6-2-1-3-7-12)15(20-14)21-10-4-5-11-21/h8-9,12H,1-7,10-11H2. The van der Waals surface area contributed by atoms with Gasteiger partial charge in [0.1, 0.15) is 11.5 Å². The number of aromatic nitrogens is 1. The molecule has 1 saturated carbocycles. The van der Waals surface area contributed by atoms with Gasteiger partial charge in [-0.3, -0.25) is 0 Å². The van der Waals surface area contributed by atoms with E-state index >= 15 is 0 Å². The van der Waals surface area contributed by atoms with Crippen molar-refractivity contribution in [3.8, 4) is 0 Å². The molecule has 1 saturated heterocycles. The van der Waals surface area contributed by atoms with E-state index in [-0.39, 0.29) is 0 Å². The summed E-state index contributed by atoms with van der Waals surface area (Å²) in [6, 6.07) is 2.84. The largest absolute Gasteiger partial charge is 0.433 e. The molecular weight excluding hydrogens is 277 g/mol. The number of pyridine rings is 1. The van der Waals surface area contributed by atoms with E-state index in [2.05, 4.69) is 4.98 Å². The minimum Gasteiger partial charge on any atom is -0.356 e. The maximum absolute atomic E-state index is 12.9. The fourth-order valence-electron chi connectivity index (χ4n) is 3.53. The van der Waals surface area contributed by atoms with Gasteiger partial charge in [0.25, 0.3) is 0 Å². The van der Waals surface area contributed by atoms with Crippen molar-refractivity contribution in [2.75, 3.05) is 18.0 Å². The summed E-state index contributed by atoms with van der Waals surface area (Å²) >= 11 is 0. The Balaban J connectivity index is 1.97. The maximum Gasteiger partial charge on any atom is 0.433 e. The monoisotopic (exact) mass is 298 g/mol. The van der Waals surface area contributed by atoms with Crippen LogP contribution in [0.3, 0.4) is 0 Å². The second kappa shape index (κ2) is 5.85. The summed E-state index contributed by atoms with van der Waals surface area (Å²) in [6.07, 6.45) is 3.46. The van der Waals surface area contributed by atoms with Gasteiger partial charge in [-0.05, 0) is 43.2 Å². The summed E-state index contributed by atoms with van der Waals surface area (Å²) in [6.45, 7) is 1.65. The second-order valence-electron chi connectivity index (χ2n) is 6.14. The molecule has 21 heavy (non-hydrogen) atoms. The van der Waals surface area contributed by atoms with E-state index in [1.54, 1.807) is 6.07 Å². The summed E-state index contributed by atoms with van der Waals surface area (Å²) < 4.78 is 38.8. The van der Waals surface area contributed by atoms with E-state index in [4.69, 9.17) is 0 Å². The van der Waals surface area contributed by atoms with Crippen molar-refractivity contribution in [3.05, 3.63) is 23.4 Å². The zero-order valence-corrected chi connectivity index (χ0v) is 12.1. The van der Waals surface area contributed by atoms with Crippen LogP contribution in [0.1, 0.15) is 62.1 Å². The molecule has 1 aliphatic heterocycles. The summed E-state index contributed by atoms with van der Waals surface area (Å²) in [4.78, 5) is 6.04. The molecule has 0 radical (unpaired) electrons. The van der Waals surface area contributed by atoms with E-state index in [1.807, 2.05) is 4.90 Å². The fraction of sp³-hybridized carbons (Fsp3) is 0.688. The number of hydrogen-bond acceptors (Lipinski definition) is 2. The van der Waals surface area contributed by atoms with Crippen molar-refractivity contribution in [2.24, 2.45) is 0 Å². The van der Waals surface area contributed by atoms with Crippen LogP contribution in [0.2, 0.25) is 0 Å². The van der Waals surface area contributed by atoms with Crippen LogP contribution >= 0.6 is 0 Å². The fourth-order valence-corrected chi connectivity index (χ4v) is 3.53. The summed E-state index contributed by atoms with van der Waals surface area (Å²) in [7, 11) is 0. The van der Waals surface area contributed by atoms with Crippen LogP contribution in [0.4, 0.5) is 19.0 Å². The van der Waals surface area contributed by atoms with Crippen molar-refractivity contribution in [1.29, 1.82) is 0 Å². The van der Waals surface area contributed by atoms with Crippen molar-refractivity contribution in [3.63, 3.8) is 0 Å². The van der Waals surface area contributed by atoms with E-state index in [1.165, 1.54) is 19.3 Å². The van der Waals surface area contributed by atoms with Crippen LogP contribution in [0.15, 0.2) is 12.1 Å². The predicted octanol–water partition coefficient (Wildman–Crippen LogP) is 4.75. The third kappa shape index (κ3) is 3.16. The van der Waals surface area contributed by atoms with E-state index in [9.17, 15) is 13.2 Å². The van der Waals surface area contributed by atoms with Gasteiger partial charge >= 0.3 is 6.18 Å². The number of halogens is 3. The number of anilines is 1. The molecule has 2 aliphatic rings. The molecule has 0 N–H and O–H groups in total. The van der Waals surface area contributed by atoms with Crippen molar-refractivity contribution in [2.45, 2.75) is 57.0 Å². The Morgan fingerprint density at radius 3 is 2.24 bits per heavy atom. The van der Waals surface area contributed by atoms with Gasteiger partial charge in [0.2, 0.25) is 0 Å². The Kier molecular flexibility index (Phi) is 4.09. The molecular formula is C16H21F3N2. The van der Waals surface area contributed by atoms with Crippen LogP contribution < -0.4 is 4.90 Å². The number of alkyl halides is 3. The molecule has 116 valence electrons. The molecule has 2 nitrogen and oxygen atoms in total. The lowest BCUT2D eigenvalue weighted by Gasteiger charge is -2.28. The average Bonchev–Trinajstić information content (AvgIpc) is 3.01. The zero-order valence-electron chi connectivity index (χ0n) is 12.1. The highest BCUT2D eigenvalue weighted by Gasteiger charge is 2.34. The third-order valence-corrected chi connectivity index (χ3v) is 4.65. The molecule has 0 amide bonds. The molecule has 0 atom stereocenters. The lowest BCUT2D eigenvalue weighted by atomic mass is 9.84. The molecule has 2 heterocycles.